The van der Waals surface area contributed by atoms with E-state index in [0.717, 1.165) is 49.4 Å². The van der Waals surface area contributed by atoms with Gasteiger partial charge in [0.25, 0.3) is 11.5 Å². The molecular formula is C30H24N4O3. The largest absolute Gasteiger partial charge is 0.483 e. The highest BCUT2D eigenvalue weighted by Gasteiger charge is 2.22. The van der Waals surface area contributed by atoms with Gasteiger partial charge in [-0.25, -0.2) is 0 Å². The number of ether oxygens (including phenoxy) is 1. The van der Waals surface area contributed by atoms with Crippen molar-refractivity contribution in [1.29, 1.82) is 0 Å². The van der Waals surface area contributed by atoms with Crippen LogP contribution in [0.5, 0.6) is 5.75 Å². The highest BCUT2D eigenvalue weighted by atomic mass is 16.5. The van der Waals surface area contributed by atoms with E-state index in [0.29, 0.717) is 24.1 Å². The molecule has 6 rings (SSSR count). The summed E-state index contributed by atoms with van der Waals surface area (Å²) in [7, 11) is 0. The molecular weight excluding hydrogens is 464 g/mol. The lowest BCUT2D eigenvalue weighted by molar-refractivity contribution is -0.123. The third-order valence-corrected chi connectivity index (χ3v) is 6.60. The van der Waals surface area contributed by atoms with E-state index in [-0.39, 0.29) is 18.1 Å². The monoisotopic (exact) mass is 488 g/mol. The van der Waals surface area contributed by atoms with Crippen molar-refractivity contribution in [3.8, 4) is 5.75 Å². The van der Waals surface area contributed by atoms with Crippen molar-refractivity contribution in [3.05, 3.63) is 107 Å². The van der Waals surface area contributed by atoms with Crippen LogP contribution in [0.4, 0.5) is 0 Å². The number of pyridine rings is 3. The van der Waals surface area contributed by atoms with E-state index < -0.39 is 0 Å². The first-order valence-electron chi connectivity index (χ1n) is 12.0. The van der Waals surface area contributed by atoms with Crippen LogP contribution >= 0.6 is 0 Å². The molecule has 0 aliphatic heterocycles. The minimum Gasteiger partial charge on any atom is -0.483 e. The fraction of sp³-hybridized carbons (Fsp3) is 0.133. The van der Waals surface area contributed by atoms with E-state index in [4.69, 9.17) is 4.74 Å². The maximum atomic E-state index is 13.6. The third kappa shape index (κ3) is 3.85. The first-order valence-corrected chi connectivity index (χ1v) is 12.0. The summed E-state index contributed by atoms with van der Waals surface area (Å²) in [6, 6.07) is 16.9. The number of amides is 1. The molecule has 7 heteroatoms. The minimum atomic E-state index is -0.226. The van der Waals surface area contributed by atoms with Crippen molar-refractivity contribution in [3.63, 3.8) is 0 Å². The fourth-order valence-corrected chi connectivity index (χ4v) is 5.02. The molecule has 0 fully saturated rings. The van der Waals surface area contributed by atoms with Crippen molar-refractivity contribution >= 4 is 44.0 Å². The van der Waals surface area contributed by atoms with Crippen LogP contribution in [0, 0.1) is 0 Å². The van der Waals surface area contributed by atoms with Crippen LogP contribution in [0.25, 0.3) is 38.1 Å². The second-order valence-electron chi connectivity index (χ2n) is 9.23. The highest BCUT2D eigenvalue weighted by Crippen LogP contribution is 2.38. The van der Waals surface area contributed by atoms with E-state index in [1.807, 2.05) is 61.5 Å². The summed E-state index contributed by atoms with van der Waals surface area (Å²) < 4.78 is 7.80. The van der Waals surface area contributed by atoms with Crippen molar-refractivity contribution < 1.29 is 9.53 Å². The highest BCUT2D eigenvalue weighted by molar-refractivity contribution is 6.19. The van der Waals surface area contributed by atoms with Gasteiger partial charge in [0.15, 0.2) is 6.61 Å². The zero-order chi connectivity index (χ0) is 25.5. The Morgan fingerprint density at radius 3 is 2.57 bits per heavy atom. The number of fused-ring (bicyclic) bond motifs is 5. The van der Waals surface area contributed by atoms with Crippen LogP contribution < -0.4 is 15.6 Å². The van der Waals surface area contributed by atoms with Gasteiger partial charge < -0.3 is 10.1 Å². The van der Waals surface area contributed by atoms with Crippen molar-refractivity contribution in [2.75, 3.05) is 6.61 Å². The summed E-state index contributed by atoms with van der Waals surface area (Å²) in [6.45, 7) is 6.34. The minimum absolute atomic E-state index is 0.0819. The van der Waals surface area contributed by atoms with Gasteiger partial charge in [-0.3, -0.25) is 24.0 Å². The molecule has 37 heavy (non-hydrogen) atoms. The van der Waals surface area contributed by atoms with E-state index in [1.54, 1.807) is 23.0 Å². The molecule has 1 N–H and O–H groups in total. The fourth-order valence-electron chi connectivity index (χ4n) is 5.02. The number of carbonyl (C=O) groups is 1. The lowest BCUT2D eigenvalue weighted by Gasteiger charge is -2.14. The number of benzene rings is 2. The van der Waals surface area contributed by atoms with Crippen molar-refractivity contribution in [1.82, 2.24) is 19.7 Å². The van der Waals surface area contributed by atoms with Crippen LogP contribution in [-0.4, -0.2) is 26.9 Å². The first-order chi connectivity index (χ1) is 18.0. The Balaban J connectivity index is 1.46. The average molecular weight is 489 g/mol. The second-order valence-corrected chi connectivity index (χ2v) is 9.23. The van der Waals surface area contributed by atoms with E-state index in [2.05, 4.69) is 21.9 Å². The molecule has 0 aliphatic rings. The summed E-state index contributed by atoms with van der Waals surface area (Å²) in [5, 5.41) is 6.17. The van der Waals surface area contributed by atoms with E-state index >= 15 is 0 Å². The topological polar surface area (TPSA) is 85.6 Å². The number of nitrogens with one attached hydrogen (secondary N) is 1. The quantitative estimate of drug-likeness (QED) is 0.258. The van der Waals surface area contributed by atoms with Gasteiger partial charge >= 0.3 is 0 Å². The van der Waals surface area contributed by atoms with Gasteiger partial charge in [0.05, 0.1) is 16.6 Å². The molecule has 4 heterocycles. The maximum Gasteiger partial charge on any atom is 0.263 e. The van der Waals surface area contributed by atoms with Gasteiger partial charge in [-0.1, -0.05) is 30.4 Å². The van der Waals surface area contributed by atoms with Gasteiger partial charge in [0.1, 0.15) is 5.75 Å². The second kappa shape index (κ2) is 9.02. The lowest BCUT2D eigenvalue weighted by atomic mass is 9.99. The number of hydrogen-bond donors (Lipinski definition) is 1. The Hall–Kier alpha value is -4.78. The number of rotatable bonds is 7. The number of nitrogens with zero attached hydrogens (tertiary/aromatic N) is 3. The van der Waals surface area contributed by atoms with Gasteiger partial charge in [-0.05, 0) is 55.3 Å². The zero-order valence-corrected chi connectivity index (χ0v) is 20.3. The van der Waals surface area contributed by atoms with Gasteiger partial charge in [0.2, 0.25) is 0 Å². The Morgan fingerprint density at radius 1 is 1.00 bits per heavy atom. The molecule has 182 valence electrons. The Labute approximate surface area is 212 Å². The summed E-state index contributed by atoms with van der Waals surface area (Å²) in [6.07, 6.45) is 5.70. The molecule has 2 aromatic carbocycles. The van der Waals surface area contributed by atoms with Crippen molar-refractivity contribution in [2.24, 2.45) is 0 Å². The molecule has 0 saturated carbocycles. The predicted octanol–water partition coefficient (Wildman–Crippen LogP) is 4.80. The van der Waals surface area contributed by atoms with Crippen LogP contribution in [-0.2, 0) is 17.8 Å². The van der Waals surface area contributed by atoms with Crippen LogP contribution in [0.2, 0.25) is 0 Å². The molecule has 0 radical (unpaired) electrons. The smallest absolute Gasteiger partial charge is 0.263 e. The summed E-state index contributed by atoms with van der Waals surface area (Å²) in [5.74, 6) is 0.367. The molecule has 0 unspecified atom stereocenters. The van der Waals surface area contributed by atoms with E-state index in [9.17, 15) is 9.59 Å². The summed E-state index contributed by atoms with van der Waals surface area (Å²) in [4.78, 5) is 34.8. The standard InChI is InChI=1S/C30H24N4O3/c1-18(2)15-23-25(37-17-26(35)33-16-19-9-12-31-13-10-19)8-7-24-27(23)22-11-14-32-28-20-5-3-4-6-21(20)30(36)34(24)29(22)28/h3-14H,1,15-17H2,2H3,(H,33,35). The summed E-state index contributed by atoms with van der Waals surface area (Å²) in [5.41, 5.74) is 5.07. The van der Waals surface area contributed by atoms with Gasteiger partial charge in [-0.2, -0.15) is 0 Å². The molecule has 4 aromatic heterocycles. The lowest BCUT2D eigenvalue weighted by Crippen LogP contribution is -2.28. The van der Waals surface area contributed by atoms with Crippen molar-refractivity contribution in [2.45, 2.75) is 19.9 Å². The Morgan fingerprint density at radius 2 is 1.78 bits per heavy atom. The molecule has 1 amide bonds. The number of aromatic nitrogens is 3. The predicted molar refractivity (Wildman–Crippen MR) is 145 cm³/mol. The molecule has 0 aliphatic carbocycles. The number of hydrogen-bond acceptors (Lipinski definition) is 5. The van der Waals surface area contributed by atoms with Crippen LogP contribution in [0.3, 0.4) is 0 Å². The molecule has 7 nitrogen and oxygen atoms in total. The first kappa shape index (κ1) is 22.7. The van der Waals surface area contributed by atoms with Gasteiger partial charge in [0, 0.05) is 52.2 Å². The molecule has 0 bridgehead atoms. The zero-order valence-electron chi connectivity index (χ0n) is 20.3. The van der Waals surface area contributed by atoms with E-state index in [1.165, 1.54) is 0 Å². The molecule has 6 aromatic rings. The molecule has 0 saturated heterocycles. The SMILES string of the molecule is C=C(C)Cc1c(OCC(=O)NCc2ccncc2)ccc2c1c1ccnc3c4ccccc4c(=O)n2c13. The maximum absolute atomic E-state index is 13.6. The summed E-state index contributed by atoms with van der Waals surface area (Å²) >= 11 is 0. The number of allylic oxidation sites excluding steroid dienone is 1. The Kier molecular flexibility index (Phi) is 5.53. The normalized spacial score (nSPS) is 11.5. The van der Waals surface area contributed by atoms with Crippen LogP contribution in [0.15, 0.2) is 90.1 Å². The average Bonchev–Trinajstić information content (AvgIpc) is 3.26. The number of carbonyl (C=O) groups excluding carboxylic acids is 1. The van der Waals surface area contributed by atoms with Crippen LogP contribution in [0.1, 0.15) is 18.1 Å². The molecule has 0 atom stereocenters. The molecule has 0 spiro atoms. The van der Waals surface area contributed by atoms with Gasteiger partial charge in [-0.15, -0.1) is 0 Å². The third-order valence-electron chi connectivity index (χ3n) is 6.60. The Bertz CT molecular complexity index is 1880.